The minimum absolute atomic E-state index is 0.164. The quantitative estimate of drug-likeness (QED) is 0.637. The lowest BCUT2D eigenvalue weighted by Gasteiger charge is -2.14. The maximum atomic E-state index is 9.87. The average molecular weight is 294 g/mol. The molecule has 0 saturated heterocycles. The van der Waals surface area contributed by atoms with E-state index in [1.54, 1.807) is 18.2 Å². The summed E-state index contributed by atoms with van der Waals surface area (Å²) < 4.78 is 0. The van der Waals surface area contributed by atoms with Crippen LogP contribution in [0.1, 0.15) is 13.8 Å². The van der Waals surface area contributed by atoms with E-state index in [4.69, 9.17) is 0 Å². The monoisotopic (exact) mass is 294 g/mol. The first-order valence-corrected chi connectivity index (χ1v) is 7.22. The highest BCUT2D eigenvalue weighted by atomic mass is 16.3. The molecule has 0 aliphatic carbocycles. The highest BCUT2D eigenvalue weighted by Crippen LogP contribution is 2.27. The molecule has 5 heteroatoms. The molecule has 0 aliphatic heterocycles. The predicted molar refractivity (Wildman–Crippen MR) is 89.7 cm³/mol. The molecule has 1 aromatic heterocycles. The van der Waals surface area contributed by atoms with Gasteiger partial charge in [-0.3, -0.25) is 0 Å². The number of nitrogens with zero attached hydrogens (tertiary/aromatic N) is 2. The Kier molecular flexibility index (Phi) is 3.78. The molecule has 1 heterocycles. The van der Waals surface area contributed by atoms with E-state index in [-0.39, 0.29) is 11.8 Å². The molecule has 112 valence electrons. The summed E-state index contributed by atoms with van der Waals surface area (Å²) >= 11 is 0. The van der Waals surface area contributed by atoms with Crippen molar-refractivity contribution in [3.63, 3.8) is 0 Å². The fourth-order valence-electron chi connectivity index (χ4n) is 2.22. The molecule has 5 nitrogen and oxygen atoms in total. The van der Waals surface area contributed by atoms with Gasteiger partial charge in [0.15, 0.2) is 0 Å². The Morgan fingerprint density at radius 2 is 1.68 bits per heavy atom. The summed E-state index contributed by atoms with van der Waals surface area (Å²) in [5, 5.41) is 17.2. The third-order valence-corrected chi connectivity index (χ3v) is 3.18. The number of rotatable bonds is 4. The number of aromatic nitrogens is 2. The number of hydrogen-bond acceptors (Lipinski definition) is 5. The molecule has 0 saturated carbocycles. The molecular weight excluding hydrogens is 276 g/mol. The van der Waals surface area contributed by atoms with Crippen LogP contribution < -0.4 is 10.6 Å². The molecule has 0 spiro atoms. The number of phenolic OH excluding ortho intramolecular Hbond substituents is 1. The normalized spacial score (nSPS) is 10.9. The minimum atomic E-state index is 0.164. The smallest absolute Gasteiger partial charge is 0.229 e. The Bertz CT molecular complexity index is 802. The van der Waals surface area contributed by atoms with E-state index in [0.717, 1.165) is 16.7 Å². The van der Waals surface area contributed by atoms with Gasteiger partial charge in [-0.25, -0.2) is 4.98 Å². The van der Waals surface area contributed by atoms with Crippen molar-refractivity contribution in [2.24, 2.45) is 0 Å². The molecule has 0 unspecified atom stereocenters. The second-order valence-corrected chi connectivity index (χ2v) is 5.35. The number of anilines is 3. The molecule has 0 fully saturated rings. The van der Waals surface area contributed by atoms with Crippen molar-refractivity contribution < 1.29 is 5.11 Å². The highest BCUT2D eigenvalue weighted by Gasteiger charge is 2.09. The molecule has 3 N–H and O–H groups in total. The minimum Gasteiger partial charge on any atom is -0.506 e. The number of aromatic hydroxyl groups is 1. The molecule has 0 amide bonds. The molecular formula is C17H18N4O. The average Bonchev–Trinajstić information content (AvgIpc) is 2.49. The Balaban J connectivity index is 2.05. The molecule has 3 rings (SSSR count). The molecule has 0 atom stereocenters. The van der Waals surface area contributed by atoms with E-state index >= 15 is 0 Å². The van der Waals surface area contributed by atoms with Crippen LogP contribution in [0.25, 0.3) is 10.9 Å². The molecule has 0 radical (unpaired) electrons. The Morgan fingerprint density at radius 3 is 2.45 bits per heavy atom. The Labute approximate surface area is 129 Å². The molecule has 22 heavy (non-hydrogen) atoms. The van der Waals surface area contributed by atoms with Gasteiger partial charge < -0.3 is 15.7 Å². The number of phenols is 1. The van der Waals surface area contributed by atoms with Crippen molar-refractivity contribution in [2.75, 3.05) is 10.6 Å². The van der Waals surface area contributed by atoms with Gasteiger partial charge in [0.1, 0.15) is 11.6 Å². The van der Waals surface area contributed by atoms with Crippen LogP contribution in [0.2, 0.25) is 0 Å². The van der Waals surface area contributed by atoms with Gasteiger partial charge in [-0.15, -0.1) is 0 Å². The van der Waals surface area contributed by atoms with Crippen molar-refractivity contribution in [1.82, 2.24) is 9.97 Å². The van der Waals surface area contributed by atoms with Gasteiger partial charge in [0.05, 0.1) is 11.2 Å². The number of hydrogen-bond donors (Lipinski definition) is 3. The van der Waals surface area contributed by atoms with Crippen LogP contribution in [0.15, 0.2) is 48.5 Å². The van der Waals surface area contributed by atoms with E-state index in [9.17, 15) is 5.11 Å². The second-order valence-electron chi connectivity index (χ2n) is 5.35. The van der Waals surface area contributed by atoms with Gasteiger partial charge in [0, 0.05) is 11.4 Å². The number of para-hydroxylation sites is 3. The molecule has 0 aliphatic rings. The Morgan fingerprint density at radius 1 is 0.955 bits per heavy atom. The number of nitrogens with one attached hydrogen (secondary N) is 2. The summed E-state index contributed by atoms with van der Waals surface area (Å²) in [4.78, 5) is 9.04. The predicted octanol–water partition coefficient (Wildman–Crippen LogP) is 3.90. The van der Waals surface area contributed by atoms with E-state index in [1.807, 2.05) is 30.3 Å². The van der Waals surface area contributed by atoms with Gasteiger partial charge in [-0.1, -0.05) is 24.3 Å². The van der Waals surface area contributed by atoms with Crippen molar-refractivity contribution >= 4 is 28.4 Å². The van der Waals surface area contributed by atoms with Gasteiger partial charge >= 0.3 is 0 Å². The topological polar surface area (TPSA) is 70.1 Å². The summed E-state index contributed by atoms with van der Waals surface area (Å²) in [5.41, 5.74) is 1.42. The maximum Gasteiger partial charge on any atom is 0.229 e. The molecule has 3 aromatic rings. The van der Waals surface area contributed by atoms with Crippen LogP contribution in [0.3, 0.4) is 0 Å². The number of fused-ring (bicyclic) bond motifs is 1. The van der Waals surface area contributed by atoms with Crippen LogP contribution in [0, 0.1) is 0 Å². The van der Waals surface area contributed by atoms with Crippen LogP contribution in [-0.2, 0) is 0 Å². The molecule has 2 aromatic carbocycles. The SMILES string of the molecule is CC(C)Nc1nc(Nc2ccccc2O)nc2ccccc12. The number of benzene rings is 2. The standard InChI is InChI=1S/C17H18N4O/c1-11(2)18-16-12-7-3-4-8-13(12)19-17(21-16)20-14-9-5-6-10-15(14)22/h3-11,22H,1-2H3,(H2,18,19,20,21). The van der Waals surface area contributed by atoms with Crippen molar-refractivity contribution in [3.05, 3.63) is 48.5 Å². The van der Waals surface area contributed by atoms with Crippen molar-refractivity contribution in [1.29, 1.82) is 0 Å². The zero-order valence-corrected chi connectivity index (χ0v) is 12.5. The van der Waals surface area contributed by atoms with E-state index < -0.39 is 0 Å². The van der Waals surface area contributed by atoms with Crippen LogP contribution in [0.5, 0.6) is 5.75 Å². The highest BCUT2D eigenvalue weighted by molar-refractivity contribution is 5.90. The lowest BCUT2D eigenvalue weighted by atomic mass is 10.2. The largest absolute Gasteiger partial charge is 0.506 e. The summed E-state index contributed by atoms with van der Waals surface area (Å²) in [6, 6.07) is 15.1. The first kappa shape index (κ1) is 14.1. The summed E-state index contributed by atoms with van der Waals surface area (Å²) in [6.07, 6.45) is 0. The van der Waals surface area contributed by atoms with Gasteiger partial charge in [-0.2, -0.15) is 4.98 Å². The fourth-order valence-corrected chi connectivity index (χ4v) is 2.22. The first-order valence-electron chi connectivity index (χ1n) is 7.22. The van der Waals surface area contributed by atoms with Crippen LogP contribution in [0.4, 0.5) is 17.5 Å². The maximum absolute atomic E-state index is 9.87. The third kappa shape index (κ3) is 2.93. The van der Waals surface area contributed by atoms with Gasteiger partial charge in [0.25, 0.3) is 0 Å². The van der Waals surface area contributed by atoms with E-state index in [1.165, 1.54) is 0 Å². The fraction of sp³-hybridized carbons (Fsp3) is 0.176. The van der Waals surface area contributed by atoms with E-state index in [2.05, 4.69) is 34.4 Å². The second kappa shape index (κ2) is 5.89. The lowest BCUT2D eigenvalue weighted by Crippen LogP contribution is -2.12. The van der Waals surface area contributed by atoms with Crippen molar-refractivity contribution in [2.45, 2.75) is 19.9 Å². The van der Waals surface area contributed by atoms with Crippen molar-refractivity contribution in [3.8, 4) is 5.75 Å². The van der Waals surface area contributed by atoms with E-state index in [0.29, 0.717) is 11.6 Å². The zero-order chi connectivity index (χ0) is 15.5. The zero-order valence-electron chi connectivity index (χ0n) is 12.5. The summed E-state index contributed by atoms with van der Waals surface area (Å²) in [5.74, 6) is 1.39. The Hall–Kier alpha value is -2.82. The van der Waals surface area contributed by atoms with Crippen LogP contribution in [-0.4, -0.2) is 21.1 Å². The lowest BCUT2D eigenvalue weighted by molar-refractivity contribution is 0.477. The first-order chi connectivity index (χ1) is 10.6. The molecule has 0 bridgehead atoms. The summed E-state index contributed by atoms with van der Waals surface area (Å²) in [7, 11) is 0. The van der Waals surface area contributed by atoms with Gasteiger partial charge in [-0.05, 0) is 38.1 Å². The van der Waals surface area contributed by atoms with Crippen LogP contribution >= 0.6 is 0 Å². The summed E-state index contributed by atoms with van der Waals surface area (Å²) in [6.45, 7) is 4.13. The van der Waals surface area contributed by atoms with Gasteiger partial charge in [0.2, 0.25) is 5.95 Å². The third-order valence-electron chi connectivity index (χ3n) is 3.18.